The fourth-order valence-corrected chi connectivity index (χ4v) is 5.24. The fourth-order valence-electron chi connectivity index (χ4n) is 4.48. The van der Waals surface area contributed by atoms with Gasteiger partial charge in [-0.1, -0.05) is 50.0 Å². The molecule has 0 saturated carbocycles. The topological polar surface area (TPSA) is 109 Å². The van der Waals surface area contributed by atoms with Crippen LogP contribution in [0.5, 0.6) is 0 Å². The summed E-state index contributed by atoms with van der Waals surface area (Å²) in [6.07, 6.45) is 7.94. The zero-order valence-corrected chi connectivity index (χ0v) is 29.6. The SMILES string of the molecule is CCOC(=O)/C=C/c1cccc(-c2ncc(C)c(N(C(=O)OC(C)(C)C)c3ccc(-c4cnn(COCC[Si](C)(C)C)c4)cc3)n2)c1. The van der Waals surface area contributed by atoms with Gasteiger partial charge in [-0.25, -0.2) is 29.1 Å². The van der Waals surface area contributed by atoms with Crippen LogP contribution in [0.1, 0.15) is 38.8 Å². The predicted octanol–water partition coefficient (Wildman–Crippen LogP) is 8.28. The minimum absolute atomic E-state index is 0.305. The molecule has 11 heteroatoms. The van der Waals surface area contributed by atoms with Crippen LogP contribution in [-0.2, 0) is 25.7 Å². The highest BCUT2D eigenvalue weighted by Gasteiger charge is 2.28. The lowest BCUT2D eigenvalue weighted by Crippen LogP contribution is -2.34. The number of hydrogen-bond acceptors (Lipinski definition) is 8. The van der Waals surface area contributed by atoms with Gasteiger partial charge in [0.15, 0.2) is 5.82 Å². The third-order valence-corrected chi connectivity index (χ3v) is 8.59. The van der Waals surface area contributed by atoms with Crippen LogP contribution in [0.3, 0.4) is 0 Å². The number of rotatable bonds is 12. The van der Waals surface area contributed by atoms with E-state index >= 15 is 0 Å². The molecule has 1 amide bonds. The first-order valence-electron chi connectivity index (χ1n) is 15.7. The molecule has 0 bridgehead atoms. The number of benzene rings is 2. The molecule has 4 rings (SSSR count). The molecule has 0 aliphatic heterocycles. The number of carbonyl (C=O) groups excluding carboxylic acids is 2. The number of hydrogen-bond donors (Lipinski definition) is 0. The summed E-state index contributed by atoms with van der Waals surface area (Å²) in [5.41, 5.74) is 3.93. The molecule has 0 radical (unpaired) electrons. The molecular weight excluding hydrogens is 611 g/mol. The normalized spacial score (nSPS) is 11.9. The van der Waals surface area contributed by atoms with Crippen molar-refractivity contribution >= 4 is 37.7 Å². The van der Waals surface area contributed by atoms with Crippen LogP contribution in [0.15, 0.2) is 73.2 Å². The van der Waals surface area contributed by atoms with Crippen molar-refractivity contribution in [2.45, 2.75) is 72.6 Å². The van der Waals surface area contributed by atoms with Crippen molar-refractivity contribution in [3.8, 4) is 22.5 Å². The lowest BCUT2D eigenvalue weighted by molar-refractivity contribution is -0.137. The molecule has 47 heavy (non-hydrogen) atoms. The Labute approximate surface area is 278 Å². The lowest BCUT2D eigenvalue weighted by atomic mass is 10.1. The van der Waals surface area contributed by atoms with Crippen molar-refractivity contribution in [2.24, 2.45) is 0 Å². The number of amides is 1. The zero-order valence-electron chi connectivity index (χ0n) is 28.6. The number of anilines is 2. The molecule has 0 aliphatic rings. The first-order chi connectivity index (χ1) is 22.2. The minimum atomic E-state index is -1.16. The minimum Gasteiger partial charge on any atom is -0.463 e. The van der Waals surface area contributed by atoms with Crippen molar-refractivity contribution in [2.75, 3.05) is 18.1 Å². The Bertz CT molecular complexity index is 1700. The Morgan fingerprint density at radius 1 is 1.00 bits per heavy atom. The Morgan fingerprint density at radius 2 is 1.74 bits per heavy atom. The van der Waals surface area contributed by atoms with Gasteiger partial charge in [0.05, 0.1) is 18.5 Å². The van der Waals surface area contributed by atoms with Gasteiger partial charge in [-0.2, -0.15) is 5.10 Å². The third-order valence-electron chi connectivity index (χ3n) is 6.89. The highest BCUT2D eigenvalue weighted by Crippen LogP contribution is 2.32. The molecule has 248 valence electrons. The number of nitrogens with zero attached hydrogens (tertiary/aromatic N) is 5. The molecule has 0 aliphatic carbocycles. The molecule has 0 unspecified atom stereocenters. The van der Waals surface area contributed by atoms with Gasteiger partial charge < -0.3 is 14.2 Å². The average Bonchev–Trinajstić information content (AvgIpc) is 3.48. The second kappa shape index (κ2) is 15.3. The van der Waals surface area contributed by atoms with E-state index in [4.69, 9.17) is 19.2 Å². The van der Waals surface area contributed by atoms with Crippen molar-refractivity contribution in [1.82, 2.24) is 19.7 Å². The molecule has 0 N–H and O–H groups in total. The molecule has 0 atom stereocenters. The van der Waals surface area contributed by atoms with Crippen LogP contribution < -0.4 is 4.90 Å². The largest absolute Gasteiger partial charge is 0.463 e. The van der Waals surface area contributed by atoms with Crippen molar-refractivity contribution in [3.63, 3.8) is 0 Å². The summed E-state index contributed by atoms with van der Waals surface area (Å²) in [6, 6.07) is 16.2. The summed E-state index contributed by atoms with van der Waals surface area (Å²) < 4.78 is 18.5. The quantitative estimate of drug-likeness (QED) is 0.0649. The smallest absolute Gasteiger partial charge is 0.420 e. The lowest BCUT2D eigenvalue weighted by Gasteiger charge is -2.28. The van der Waals surface area contributed by atoms with E-state index in [2.05, 4.69) is 29.7 Å². The Hall–Kier alpha value is -4.61. The first-order valence-corrected chi connectivity index (χ1v) is 19.5. The molecule has 2 aromatic carbocycles. The molecule has 0 fully saturated rings. The van der Waals surface area contributed by atoms with Gasteiger partial charge in [0.1, 0.15) is 18.1 Å². The van der Waals surface area contributed by atoms with E-state index in [-0.39, 0.29) is 0 Å². The second-order valence-electron chi connectivity index (χ2n) is 13.4. The molecule has 10 nitrogen and oxygen atoms in total. The van der Waals surface area contributed by atoms with E-state index in [1.165, 1.54) is 11.0 Å². The van der Waals surface area contributed by atoms with E-state index in [9.17, 15) is 9.59 Å². The van der Waals surface area contributed by atoms with Crippen molar-refractivity contribution < 1.29 is 23.8 Å². The van der Waals surface area contributed by atoms with Gasteiger partial charge in [0.25, 0.3) is 0 Å². The van der Waals surface area contributed by atoms with Crippen molar-refractivity contribution in [3.05, 3.63) is 84.3 Å². The predicted molar refractivity (Wildman–Crippen MR) is 188 cm³/mol. The standard InChI is InChI=1S/C36H45N5O5Si/c1-9-45-32(42)18-13-27-11-10-12-29(21-27)33-37-22-26(2)34(39-33)41(35(43)46-36(3,4)5)31-16-14-28(15-17-31)30-23-38-40(24-30)25-44-19-20-47(6,7)8/h10-18,21-24H,9,19-20,25H2,1-8H3/b18-13+. The number of ether oxygens (including phenoxy) is 3. The summed E-state index contributed by atoms with van der Waals surface area (Å²) >= 11 is 0. The summed E-state index contributed by atoms with van der Waals surface area (Å²) in [4.78, 5) is 36.4. The fraction of sp³-hybridized carbons (Fsp3) is 0.361. The van der Waals surface area contributed by atoms with E-state index < -0.39 is 25.7 Å². The average molecular weight is 656 g/mol. The van der Waals surface area contributed by atoms with Gasteiger partial charge in [0, 0.05) is 49.8 Å². The van der Waals surface area contributed by atoms with Gasteiger partial charge in [-0.05, 0) is 76.1 Å². The van der Waals surface area contributed by atoms with Crippen LogP contribution in [0.4, 0.5) is 16.3 Å². The van der Waals surface area contributed by atoms with Crippen molar-refractivity contribution in [1.29, 1.82) is 0 Å². The molecule has 0 spiro atoms. The van der Waals surface area contributed by atoms with Gasteiger partial charge in [0.2, 0.25) is 0 Å². The molecule has 0 saturated heterocycles. The second-order valence-corrected chi connectivity index (χ2v) is 19.0. The van der Waals surface area contributed by atoms with E-state index in [1.807, 2.05) is 82.4 Å². The summed E-state index contributed by atoms with van der Waals surface area (Å²) in [5, 5.41) is 4.46. The number of esters is 1. The van der Waals surface area contributed by atoms with Gasteiger partial charge >= 0.3 is 12.1 Å². The summed E-state index contributed by atoms with van der Waals surface area (Å²) in [6.45, 7) is 17.5. The monoisotopic (exact) mass is 655 g/mol. The summed E-state index contributed by atoms with van der Waals surface area (Å²) in [7, 11) is -1.16. The maximum atomic E-state index is 13.7. The summed E-state index contributed by atoms with van der Waals surface area (Å²) in [5.74, 6) is 0.399. The Morgan fingerprint density at radius 3 is 2.43 bits per heavy atom. The van der Waals surface area contributed by atoms with Crippen LogP contribution in [-0.4, -0.2) is 58.7 Å². The van der Waals surface area contributed by atoms with Gasteiger partial charge in [-0.15, -0.1) is 0 Å². The maximum Gasteiger partial charge on any atom is 0.420 e. The van der Waals surface area contributed by atoms with Crippen LogP contribution in [0.2, 0.25) is 25.7 Å². The number of aromatic nitrogens is 4. The number of aryl methyl sites for hydroxylation is 1. The third kappa shape index (κ3) is 10.4. The first kappa shape index (κ1) is 35.2. The maximum absolute atomic E-state index is 13.7. The van der Waals surface area contributed by atoms with Crippen LogP contribution in [0.25, 0.3) is 28.6 Å². The van der Waals surface area contributed by atoms with Gasteiger partial charge in [-0.3, -0.25) is 0 Å². The highest BCUT2D eigenvalue weighted by atomic mass is 28.3. The Kier molecular flexibility index (Phi) is 11.5. The van der Waals surface area contributed by atoms with E-state index in [0.717, 1.165) is 34.9 Å². The molecular formula is C36H45N5O5Si. The zero-order chi connectivity index (χ0) is 34.2. The van der Waals surface area contributed by atoms with Crippen LogP contribution in [0, 0.1) is 6.92 Å². The van der Waals surface area contributed by atoms with E-state index in [0.29, 0.717) is 36.2 Å². The Balaban J connectivity index is 1.62. The number of carbonyl (C=O) groups is 2. The van der Waals surface area contributed by atoms with E-state index in [1.54, 1.807) is 30.1 Å². The highest BCUT2D eigenvalue weighted by molar-refractivity contribution is 6.76. The molecule has 2 heterocycles. The molecule has 2 aromatic heterocycles. The molecule has 4 aromatic rings. The van der Waals surface area contributed by atoms with Crippen LogP contribution >= 0.6 is 0 Å².